The topological polar surface area (TPSA) is 56.8 Å². The fourth-order valence-electron chi connectivity index (χ4n) is 3.58. The molecule has 5 heteroatoms. The molecule has 2 aromatic carbocycles. The van der Waals surface area contributed by atoms with Crippen LogP contribution in [0, 0.1) is 5.92 Å². The van der Waals surface area contributed by atoms with E-state index >= 15 is 0 Å². The summed E-state index contributed by atoms with van der Waals surface area (Å²) in [5.41, 5.74) is 0.782. The average molecular weight is 353 g/mol. The van der Waals surface area contributed by atoms with Crippen molar-refractivity contribution in [3.8, 4) is 11.5 Å². The number of amides is 1. The zero-order valence-electron chi connectivity index (χ0n) is 14.6. The van der Waals surface area contributed by atoms with E-state index in [1.807, 2.05) is 54.6 Å². The molecule has 4 rings (SSSR count). The monoisotopic (exact) mass is 353 g/mol. The first kappa shape index (κ1) is 17.1. The Morgan fingerprint density at radius 2 is 1.54 bits per heavy atom. The molecule has 1 spiro atoms. The normalized spacial score (nSPS) is 19.4. The second-order valence-electron chi connectivity index (χ2n) is 6.81. The number of hydrogen-bond acceptors (Lipinski definition) is 4. The number of nitrogens with one attached hydrogen (secondary N) is 1. The molecule has 1 saturated carbocycles. The Bertz CT molecular complexity index is 728. The quantitative estimate of drug-likeness (QED) is 0.888. The smallest absolute Gasteiger partial charge is 0.227 e. The van der Waals surface area contributed by atoms with Crippen LogP contribution in [0.4, 0.5) is 5.69 Å². The molecule has 1 aliphatic carbocycles. The minimum Gasteiger partial charge on any atom is -0.457 e. The van der Waals surface area contributed by atoms with Crippen molar-refractivity contribution in [2.24, 2.45) is 5.92 Å². The Kier molecular flexibility index (Phi) is 4.91. The summed E-state index contributed by atoms with van der Waals surface area (Å²) < 4.78 is 17.2. The maximum absolute atomic E-state index is 12.5. The van der Waals surface area contributed by atoms with Crippen LogP contribution in [0.3, 0.4) is 0 Å². The van der Waals surface area contributed by atoms with Crippen LogP contribution in [0.25, 0.3) is 0 Å². The SMILES string of the molecule is O=C(Nc1ccc(Oc2ccccc2)cc1)C1CCC2(CC1)OCCO2. The first-order chi connectivity index (χ1) is 12.7. The zero-order valence-corrected chi connectivity index (χ0v) is 14.6. The van der Waals surface area contributed by atoms with Crippen LogP contribution < -0.4 is 10.1 Å². The predicted molar refractivity (Wildman–Crippen MR) is 98.2 cm³/mol. The molecule has 0 aromatic heterocycles. The van der Waals surface area contributed by atoms with Crippen molar-refractivity contribution in [1.29, 1.82) is 0 Å². The standard InChI is InChI=1S/C21H23NO4/c23-20(16-10-12-21(13-11-16)24-14-15-25-21)22-17-6-8-19(9-7-17)26-18-4-2-1-3-5-18/h1-9,16H,10-15H2,(H,22,23). The second kappa shape index (κ2) is 7.48. The number of ether oxygens (including phenoxy) is 3. The number of rotatable bonds is 4. The number of hydrogen-bond donors (Lipinski definition) is 1. The molecule has 136 valence electrons. The van der Waals surface area contributed by atoms with Crippen LogP contribution in [-0.4, -0.2) is 24.9 Å². The van der Waals surface area contributed by atoms with Gasteiger partial charge in [0.15, 0.2) is 5.79 Å². The van der Waals surface area contributed by atoms with Crippen LogP contribution in [-0.2, 0) is 14.3 Å². The molecule has 5 nitrogen and oxygen atoms in total. The van der Waals surface area contributed by atoms with E-state index < -0.39 is 5.79 Å². The minimum atomic E-state index is -0.423. The summed E-state index contributed by atoms with van der Waals surface area (Å²) in [6.45, 7) is 1.32. The third-order valence-electron chi connectivity index (χ3n) is 5.03. The maximum atomic E-state index is 12.5. The third-order valence-corrected chi connectivity index (χ3v) is 5.03. The van der Waals surface area contributed by atoms with Gasteiger partial charge in [0.05, 0.1) is 13.2 Å². The van der Waals surface area contributed by atoms with Gasteiger partial charge in [0.2, 0.25) is 5.91 Å². The fraction of sp³-hybridized carbons (Fsp3) is 0.381. The summed E-state index contributed by atoms with van der Waals surface area (Å²) in [5, 5.41) is 3.01. The van der Waals surface area contributed by atoms with Crippen LogP contribution in [0.15, 0.2) is 54.6 Å². The average Bonchev–Trinajstić information content (AvgIpc) is 3.13. The summed E-state index contributed by atoms with van der Waals surface area (Å²) in [6, 6.07) is 17.1. The van der Waals surface area contributed by atoms with Crippen molar-refractivity contribution < 1.29 is 19.0 Å². The van der Waals surface area contributed by atoms with E-state index in [-0.39, 0.29) is 11.8 Å². The van der Waals surface area contributed by atoms with Crippen LogP contribution in [0.2, 0.25) is 0 Å². The van der Waals surface area contributed by atoms with Gasteiger partial charge in [-0.1, -0.05) is 18.2 Å². The van der Waals surface area contributed by atoms with Crippen molar-refractivity contribution in [1.82, 2.24) is 0 Å². The van der Waals surface area contributed by atoms with E-state index in [1.165, 1.54) is 0 Å². The number of para-hydroxylation sites is 1. The number of anilines is 1. The van der Waals surface area contributed by atoms with E-state index in [1.54, 1.807) is 0 Å². The Morgan fingerprint density at radius 3 is 2.19 bits per heavy atom. The summed E-state index contributed by atoms with van der Waals surface area (Å²) in [6.07, 6.45) is 3.16. The molecule has 1 N–H and O–H groups in total. The number of carbonyl (C=O) groups excluding carboxylic acids is 1. The molecule has 0 radical (unpaired) electrons. The molecule has 0 unspecified atom stereocenters. The largest absolute Gasteiger partial charge is 0.457 e. The van der Waals surface area contributed by atoms with Crippen molar-refractivity contribution in [2.45, 2.75) is 31.5 Å². The van der Waals surface area contributed by atoms with Gasteiger partial charge in [-0.3, -0.25) is 4.79 Å². The van der Waals surface area contributed by atoms with Gasteiger partial charge in [0, 0.05) is 24.4 Å². The van der Waals surface area contributed by atoms with E-state index in [2.05, 4.69) is 5.32 Å². The van der Waals surface area contributed by atoms with Gasteiger partial charge in [0.1, 0.15) is 11.5 Å². The van der Waals surface area contributed by atoms with Crippen LogP contribution >= 0.6 is 0 Å². The lowest BCUT2D eigenvalue weighted by atomic mass is 9.84. The van der Waals surface area contributed by atoms with Gasteiger partial charge < -0.3 is 19.5 Å². The zero-order chi connectivity index (χ0) is 17.8. The highest BCUT2D eigenvalue weighted by Crippen LogP contribution is 2.38. The molecule has 2 aliphatic rings. The number of carbonyl (C=O) groups is 1. The minimum absolute atomic E-state index is 0.00803. The van der Waals surface area contributed by atoms with E-state index in [4.69, 9.17) is 14.2 Å². The highest BCUT2D eigenvalue weighted by molar-refractivity contribution is 5.92. The predicted octanol–water partition coefficient (Wildman–Crippen LogP) is 4.35. The van der Waals surface area contributed by atoms with Gasteiger partial charge in [-0.2, -0.15) is 0 Å². The molecule has 0 atom stereocenters. The van der Waals surface area contributed by atoms with E-state index in [0.29, 0.717) is 13.2 Å². The summed E-state index contributed by atoms with van der Waals surface area (Å²) >= 11 is 0. The Morgan fingerprint density at radius 1 is 0.923 bits per heavy atom. The summed E-state index contributed by atoms with van der Waals surface area (Å²) in [7, 11) is 0. The maximum Gasteiger partial charge on any atom is 0.227 e. The Hall–Kier alpha value is -2.37. The van der Waals surface area contributed by atoms with Crippen molar-refractivity contribution >= 4 is 11.6 Å². The second-order valence-corrected chi connectivity index (χ2v) is 6.81. The molecule has 2 aromatic rings. The summed E-state index contributed by atoms with van der Waals surface area (Å²) in [4.78, 5) is 12.5. The Balaban J connectivity index is 1.30. The van der Waals surface area contributed by atoms with Crippen molar-refractivity contribution in [2.75, 3.05) is 18.5 Å². The molecular formula is C21H23NO4. The molecular weight excluding hydrogens is 330 g/mol. The molecule has 1 amide bonds. The highest BCUT2D eigenvalue weighted by Gasteiger charge is 2.41. The van der Waals surface area contributed by atoms with Gasteiger partial charge in [-0.15, -0.1) is 0 Å². The lowest BCUT2D eigenvalue weighted by Gasteiger charge is -2.34. The van der Waals surface area contributed by atoms with Gasteiger partial charge in [-0.05, 0) is 49.2 Å². The Labute approximate surface area is 153 Å². The highest BCUT2D eigenvalue weighted by atomic mass is 16.7. The number of benzene rings is 2. The first-order valence-corrected chi connectivity index (χ1v) is 9.14. The van der Waals surface area contributed by atoms with Crippen molar-refractivity contribution in [3.05, 3.63) is 54.6 Å². The van der Waals surface area contributed by atoms with E-state index in [0.717, 1.165) is 42.9 Å². The van der Waals surface area contributed by atoms with Crippen molar-refractivity contribution in [3.63, 3.8) is 0 Å². The molecule has 1 heterocycles. The van der Waals surface area contributed by atoms with E-state index in [9.17, 15) is 4.79 Å². The van der Waals surface area contributed by atoms with Crippen LogP contribution in [0.5, 0.6) is 11.5 Å². The van der Waals surface area contributed by atoms with Gasteiger partial charge in [-0.25, -0.2) is 0 Å². The molecule has 26 heavy (non-hydrogen) atoms. The van der Waals surface area contributed by atoms with Gasteiger partial charge >= 0.3 is 0 Å². The van der Waals surface area contributed by atoms with Crippen LogP contribution in [0.1, 0.15) is 25.7 Å². The lowest BCUT2D eigenvalue weighted by molar-refractivity contribution is -0.182. The molecule has 2 fully saturated rings. The molecule has 1 saturated heterocycles. The fourth-order valence-corrected chi connectivity index (χ4v) is 3.58. The lowest BCUT2D eigenvalue weighted by Crippen LogP contribution is -2.38. The molecule has 1 aliphatic heterocycles. The first-order valence-electron chi connectivity index (χ1n) is 9.14. The van der Waals surface area contributed by atoms with Gasteiger partial charge in [0.25, 0.3) is 0 Å². The molecule has 0 bridgehead atoms. The third kappa shape index (κ3) is 3.89. The summed E-state index contributed by atoms with van der Waals surface area (Å²) in [5.74, 6) is 1.18.